The zero-order valence-electron chi connectivity index (χ0n) is 7.78. The number of carbonyl (C=O) groups is 1. The lowest BCUT2D eigenvalue weighted by Gasteiger charge is -1.95. The molecule has 0 saturated carbocycles. The molecular formula is C11H10O2S. The fourth-order valence-corrected chi connectivity index (χ4v) is 2.44. The number of aromatic hydroxyl groups is 1. The fraction of sp³-hybridized carbons (Fsp3) is 0.182. The third kappa shape index (κ3) is 1.40. The van der Waals surface area contributed by atoms with E-state index in [0.29, 0.717) is 11.8 Å². The first-order valence-electron chi connectivity index (χ1n) is 4.45. The maximum absolute atomic E-state index is 10.6. The minimum atomic E-state index is 0.0667. The highest BCUT2D eigenvalue weighted by atomic mass is 32.1. The quantitative estimate of drug-likeness (QED) is 0.767. The third-order valence-corrected chi connectivity index (χ3v) is 3.43. The molecule has 0 fully saturated rings. The van der Waals surface area contributed by atoms with E-state index in [1.54, 1.807) is 23.5 Å². The van der Waals surface area contributed by atoms with Gasteiger partial charge in [-0.15, -0.1) is 11.3 Å². The van der Waals surface area contributed by atoms with Crippen LogP contribution in [0.25, 0.3) is 10.1 Å². The van der Waals surface area contributed by atoms with Crippen LogP contribution in [0, 0.1) is 0 Å². The number of aryl methyl sites for hydroxylation is 1. The van der Waals surface area contributed by atoms with Gasteiger partial charge in [0.05, 0.1) is 5.56 Å². The van der Waals surface area contributed by atoms with Gasteiger partial charge in [0.15, 0.2) is 6.29 Å². The molecule has 2 rings (SSSR count). The van der Waals surface area contributed by atoms with Crippen molar-refractivity contribution in [2.24, 2.45) is 0 Å². The highest BCUT2D eigenvalue weighted by Gasteiger charge is 2.05. The van der Waals surface area contributed by atoms with E-state index in [1.165, 1.54) is 4.88 Å². The Balaban J connectivity index is 2.69. The molecular weight excluding hydrogens is 196 g/mol. The van der Waals surface area contributed by atoms with Gasteiger partial charge in [0.2, 0.25) is 0 Å². The lowest BCUT2D eigenvalue weighted by Crippen LogP contribution is -1.79. The number of aldehydes is 1. The first kappa shape index (κ1) is 9.21. The smallest absolute Gasteiger partial charge is 0.153 e. The van der Waals surface area contributed by atoms with Crippen LogP contribution in [-0.4, -0.2) is 11.4 Å². The summed E-state index contributed by atoms with van der Waals surface area (Å²) in [5.41, 5.74) is 0.359. The first-order valence-corrected chi connectivity index (χ1v) is 5.27. The Morgan fingerprint density at radius 3 is 2.86 bits per heavy atom. The van der Waals surface area contributed by atoms with Crippen molar-refractivity contribution in [1.29, 1.82) is 0 Å². The summed E-state index contributed by atoms with van der Waals surface area (Å²) >= 11 is 1.65. The van der Waals surface area contributed by atoms with E-state index >= 15 is 0 Å². The third-order valence-electron chi connectivity index (χ3n) is 2.19. The summed E-state index contributed by atoms with van der Waals surface area (Å²) in [6.45, 7) is 2.09. The standard InChI is InChI=1S/C11H10O2S/c1-2-9-4-7-3-8(6-12)10(13)5-11(7)14-9/h3-6,13H,2H2,1H3. The second kappa shape index (κ2) is 3.42. The molecule has 0 aliphatic rings. The Kier molecular flexibility index (Phi) is 2.25. The lowest BCUT2D eigenvalue weighted by atomic mass is 10.1. The number of thiophene rings is 1. The van der Waals surface area contributed by atoms with Gasteiger partial charge in [0.25, 0.3) is 0 Å². The van der Waals surface area contributed by atoms with Crippen LogP contribution in [0.1, 0.15) is 22.2 Å². The molecule has 0 atom stereocenters. The second-order valence-electron chi connectivity index (χ2n) is 3.13. The molecule has 0 saturated heterocycles. The number of fused-ring (bicyclic) bond motifs is 1. The van der Waals surface area contributed by atoms with E-state index in [0.717, 1.165) is 16.5 Å². The maximum atomic E-state index is 10.6. The van der Waals surface area contributed by atoms with Crippen LogP contribution < -0.4 is 0 Å². The summed E-state index contributed by atoms with van der Waals surface area (Å²) in [6, 6.07) is 5.45. The molecule has 0 unspecified atom stereocenters. The van der Waals surface area contributed by atoms with Gasteiger partial charge in [-0.3, -0.25) is 4.79 Å². The normalized spacial score (nSPS) is 10.6. The number of hydrogen-bond donors (Lipinski definition) is 1. The second-order valence-corrected chi connectivity index (χ2v) is 4.30. The topological polar surface area (TPSA) is 37.3 Å². The molecule has 0 aliphatic heterocycles. The predicted molar refractivity (Wildman–Crippen MR) is 58.3 cm³/mol. The fourth-order valence-electron chi connectivity index (χ4n) is 1.42. The Labute approximate surface area is 85.8 Å². The average molecular weight is 206 g/mol. The summed E-state index contributed by atoms with van der Waals surface area (Å²) in [6.07, 6.45) is 1.66. The molecule has 0 radical (unpaired) electrons. The van der Waals surface area contributed by atoms with Crippen molar-refractivity contribution in [1.82, 2.24) is 0 Å². The Hall–Kier alpha value is -1.35. The molecule has 72 valence electrons. The molecule has 0 amide bonds. The Bertz CT molecular complexity index is 485. The minimum Gasteiger partial charge on any atom is -0.507 e. The van der Waals surface area contributed by atoms with Gasteiger partial charge in [0.1, 0.15) is 5.75 Å². The van der Waals surface area contributed by atoms with E-state index in [-0.39, 0.29) is 5.75 Å². The van der Waals surface area contributed by atoms with Crippen LogP contribution in [0.5, 0.6) is 5.75 Å². The van der Waals surface area contributed by atoms with Crippen LogP contribution >= 0.6 is 11.3 Å². The molecule has 1 N–H and O–H groups in total. The first-order chi connectivity index (χ1) is 6.74. The lowest BCUT2D eigenvalue weighted by molar-refractivity contribution is 0.112. The van der Waals surface area contributed by atoms with Crippen LogP contribution in [0.4, 0.5) is 0 Å². The molecule has 0 spiro atoms. The Morgan fingerprint density at radius 1 is 1.43 bits per heavy atom. The number of carbonyl (C=O) groups excluding carboxylic acids is 1. The van der Waals surface area contributed by atoms with Crippen LogP contribution in [0.3, 0.4) is 0 Å². The Morgan fingerprint density at radius 2 is 2.21 bits per heavy atom. The number of hydrogen-bond acceptors (Lipinski definition) is 3. The molecule has 1 aromatic heterocycles. The largest absolute Gasteiger partial charge is 0.507 e. The SMILES string of the molecule is CCc1cc2cc(C=O)c(O)cc2s1. The van der Waals surface area contributed by atoms with Gasteiger partial charge in [0, 0.05) is 9.58 Å². The molecule has 0 bridgehead atoms. The van der Waals surface area contributed by atoms with Crippen molar-refractivity contribution in [3.8, 4) is 5.75 Å². The van der Waals surface area contributed by atoms with E-state index in [1.807, 2.05) is 0 Å². The molecule has 1 aromatic carbocycles. The van der Waals surface area contributed by atoms with Crippen molar-refractivity contribution in [2.75, 3.05) is 0 Å². The molecule has 14 heavy (non-hydrogen) atoms. The summed E-state index contributed by atoms with van der Waals surface area (Å²) in [4.78, 5) is 11.9. The summed E-state index contributed by atoms with van der Waals surface area (Å²) in [7, 11) is 0. The van der Waals surface area contributed by atoms with Gasteiger partial charge in [-0.2, -0.15) is 0 Å². The van der Waals surface area contributed by atoms with Crippen LogP contribution in [0.15, 0.2) is 18.2 Å². The number of rotatable bonds is 2. The summed E-state index contributed by atoms with van der Waals surface area (Å²) < 4.78 is 1.03. The number of benzene rings is 1. The van der Waals surface area contributed by atoms with Gasteiger partial charge >= 0.3 is 0 Å². The van der Waals surface area contributed by atoms with Crippen molar-refractivity contribution in [2.45, 2.75) is 13.3 Å². The molecule has 1 heterocycles. The zero-order chi connectivity index (χ0) is 10.1. The van der Waals surface area contributed by atoms with Crippen molar-refractivity contribution in [3.05, 3.63) is 28.6 Å². The van der Waals surface area contributed by atoms with Gasteiger partial charge in [-0.05, 0) is 30.0 Å². The highest BCUT2D eigenvalue weighted by molar-refractivity contribution is 7.19. The number of phenols is 1. The van der Waals surface area contributed by atoms with Crippen molar-refractivity contribution >= 4 is 27.7 Å². The van der Waals surface area contributed by atoms with E-state index in [9.17, 15) is 9.90 Å². The average Bonchev–Trinajstić information content (AvgIpc) is 2.58. The predicted octanol–water partition coefficient (Wildman–Crippen LogP) is 2.98. The highest BCUT2D eigenvalue weighted by Crippen LogP contribution is 2.30. The monoisotopic (exact) mass is 206 g/mol. The van der Waals surface area contributed by atoms with Crippen molar-refractivity contribution < 1.29 is 9.90 Å². The number of phenolic OH excluding ortho intramolecular Hbond substituents is 1. The molecule has 3 heteroatoms. The van der Waals surface area contributed by atoms with E-state index in [4.69, 9.17) is 0 Å². The molecule has 0 aliphatic carbocycles. The van der Waals surface area contributed by atoms with Gasteiger partial charge in [-0.25, -0.2) is 0 Å². The van der Waals surface area contributed by atoms with Crippen LogP contribution in [0.2, 0.25) is 0 Å². The molecule has 2 aromatic rings. The van der Waals surface area contributed by atoms with Gasteiger partial charge < -0.3 is 5.11 Å². The summed E-state index contributed by atoms with van der Waals surface area (Å²) in [5, 5.41) is 10.5. The summed E-state index contributed by atoms with van der Waals surface area (Å²) in [5.74, 6) is 0.0667. The van der Waals surface area contributed by atoms with Crippen LogP contribution in [-0.2, 0) is 6.42 Å². The zero-order valence-corrected chi connectivity index (χ0v) is 8.60. The van der Waals surface area contributed by atoms with E-state index < -0.39 is 0 Å². The van der Waals surface area contributed by atoms with E-state index in [2.05, 4.69) is 13.0 Å². The maximum Gasteiger partial charge on any atom is 0.153 e. The minimum absolute atomic E-state index is 0.0667. The van der Waals surface area contributed by atoms with Crippen molar-refractivity contribution in [3.63, 3.8) is 0 Å². The molecule has 2 nitrogen and oxygen atoms in total. The van der Waals surface area contributed by atoms with Gasteiger partial charge in [-0.1, -0.05) is 6.92 Å².